The fraction of sp³-hybridized carbons (Fsp3) is 0.211. The zero-order chi connectivity index (χ0) is 15.6. The number of fused-ring (bicyclic) bond motifs is 1. The van der Waals surface area contributed by atoms with Crippen molar-refractivity contribution in [2.24, 2.45) is 0 Å². The number of carbonyl (C=O) groups excluding carboxylic acids is 1. The van der Waals surface area contributed by atoms with E-state index in [-0.39, 0.29) is 11.9 Å². The van der Waals surface area contributed by atoms with Gasteiger partial charge in [0.25, 0.3) is 5.91 Å². The van der Waals surface area contributed by atoms with Gasteiger partial charge in [0.15, 0.2) is 0 Å². The van der Waals surface area contributed by atoms with Crippen LogP contribution in [0.2, 0.25) is 0 Å². The number of furan rings is 1. The van der Waals surface area contributed by atoms with Crippen LogP contribution in [0.15, 0.2) is 58.7 Å². The number of nitrogens with one attached hydrogen (secondary N) is 1. The standard InChI is InChI=1S/C19H17NO2S/c21-19(16-8-9-22-12-16)20-18(17-5-2-10-23-17)15-7-6-13-3-1-4-14(13)11-15/h2,5-12,18H,1,3-4H2,(H,20,21). The van der Waals surface area contributed by atoms with Crippen molar-refractivity contribution in [3.63, 3.8) is 0 Å². The fourth-order valence-electron chi connectivity index (χ4n) is 3.15. The van der Waals surface area contributed by atoms with Gasteiger partial charge in [0.05, 0.1) is 17.9 Å². The topological polar surface area (TPSA) is 42.2 Å². The summed E-state index contributed by atoms with van der Waals surface area (Å²) in [6, 6.07) is 12.3. The summed E-state index contributed by atoms with van der Waals surface area (Å²) in [6.07, 6.45) is 6.52. The number of carbonyl (C=O) groups is 1. The Morgan fingerprint density at radius 2 is 2.09 bits per heavy atom. The molecule has 1 aliphatic rings. The molecule has 1 aliphatic carbocycles. The van der Waals surface area contributed by atoms with E-state index in [1.54, 1.807) is 17.4 Å². The third-order valence-electron chi connectivity index (χ3n) is 4.34. The smallest absolute Gasteiger partial charge is 0.255 e. The Bertz CT molecular complexity index is 806. The summed E-state index contributed by atoms with van der Waals surface area (Å²) >= 11 is 1.66. The monoisotopic (exact) mass is 323 g/mol. The molecule has 0 bridgehead atoms. The van der Waals surface area contributed by atoms with E-state index in [4.69, 9.17) is 4.42 Å². The molecule has 0 radical (unpaired) electrons. The molecular weight excluding hydrogens is 306 g/mol. The summed E-state index contributed by atoms with van der Waals surface area (Å²) in [5, 5.41) is 5.18. The van der Waals surface area contributed by atoms with Gasteiger partial charge in [0, 0.05) is 4.88 Å². The lowest BCUT2D eigenvalue weighted by atomic mass is 9.99. The first-order valence-electron chi connectivity index (χ1n) is 7.79. The number of benzene rings is 1. The van der Waals surface area contributed by atoms with E-state index < -0.39 is 0 Å². The number of thiophene rings is 1. The highest BCUT2D eigenvalue weighted by atomic mass is 32.1. The van der Waals surface area contributed by atoms with Gasteiger partial charge in [-0.25, -0.2) is 0 Å². The molecule has 0 saturated carbocycles. The molecule has 0 aliphatic heterocycles. The molecule has 1 N–H and O–H groups in total. The van der Waals surface area contributed by atoms with Gasteiger partial charge in [-0.3, -0.25) is 4.79 Å². The maximum absolute atomic E-state index is 12.5. The summed E-state index contributed by atoms with van der Waals surface area (Å²) in [7, 11) is 0. The van der Waals surface area contributed by atoms with Crippen LogP contribution >= 0.6 is 11.3 Å². The molecule has 1 amide bonds. The molecule has 1 atom stereocenters. The average Bonchev–Trinajstić information content (AvgIpc) is 3.34. The van der Waals surface area contributed by atoms with Gasteiger partial charge < -0.3 is 9.73 Å². The van der Waals surface area contributed by atoms with Crippen molar-refractivity contribution < 1.29 is 9.21 Å². The van der Waals surface area contributed by atoms with Crippen molar-refractivity contribution in [1.29, 1.82) is 0 Å². The van der Waals surface area contributed by atoms with Crippen LogP contribution in [-0.2, 0) is 12.8 Å². The average molecular weight is 323 g/mol. The van der Waals surface area contributed by atoms with Crippen molar-refractivity contribution in [3.8, 4) is 0 Å². The molecule has 2 heterocycles. The molecule has 0 fully saturated rings. The lowest BCUT2D eigenvalue weighted by Crippen LogP contribution is -2.28. The largest absolute Gasteiger partial charge is 0.472 e. The van der Waals surface area contributed by atoms with Crippen molar-refractivity contribution in [2.45, 2.75) is 25.3 Å². The normalized spacial score (nSPS) is 14.4. The van der Waals surface area contributed by atoms with Gasteiger partial charge in [-0.1, -0.05) is 24.3 Å². The fourth-order valence-corrected chi connectivity index (χ4v) is 3.96. The van der Waals surface area contributed by atoms with E-state index in [0.29, 0.717) is 5.56 Å². The summed E-state index contributed by atoms with van der Waals surface area (Å²) in [5.41, 5.74) is 4.55. The first kappa shape index (κ1) is 14.3. The number of rotatable bonds is 4. The zero-order valence-electron chi connectivity index (χ0n) is 12.6. The van der Waals surface area contributed by atoms with E-state index in [0.717, 1.165) is 16.9 Å². The molecular formula is C19H17NO2S. The minimum absolute atomic E-state index is 0.113. The molecule has 1 aromatic carbocycles. The summed E-state index contributed by atoms with van der Waals surface area (Å²) in [5.74, 6) is -0.113. The predicted molar refractivity (Wildman–Crippen MR) is 90.8 cm³/mol. The van der Waals surface area contributed by atoms with Gasteiger partial charge in [-0.05, 0) is 53.5 Å². The molecule has 1 unspecified atom stereocenters. The summed E-state index contributed by atoms with van der Waals surface area (Å²) in [6.45, 7) is 0. The van der Waals surface area contributed by atoms with Crippen LogP contribution in [0.4, 0.5) is 0 Å². The third-order valence-corrected chi connectivity index (χ3v) is 5.28. The second-order valence-corrected chi connectivity index (χ2v) is 6.79. The van der Waals surface area contributed by atoms with Crippen LogP contribution in [0.3, 0.4) is 0 Å². The van der Waals surface area contributed by atoms with Gasteiger partial charge in [-0.15, -0.1) is 11.3 Å². The zero-order valence-corrected chi connectivity index (χ0v) is 13.4. The highest BCUT2D eigenvalue weighted by molar-refractivity contribution is 7.10. The number of aryl methyl sites for hydroxylation is 2. The Balaban J connectivity index is 1.67. The Morgan fingerprint density at radius 3 is 2.87 bits per heavy atom. The Hall–Kier alpha value is -2.33. The van der Waals surface area contributed by atoms with Crippen molar-refractivity contribution in [3.05, 3.63) is 81.4 Å². The van der Waals surface area contributed by atoms with Crippen LogP contribution in [0.5, 0.6) is 0 Å². The maximum atomic E-state index is 12.5. The number of hydrogen-bond donors (Lipinski definition) is 1. The number of hydrogen-bond acceptors (Lipinski definition) is 3. The van der Waals surface area contributed by atoms with E-state index in [9.17, 15) is 4.79 Å². The first-order chi connectivity index (χ1) is 11.3. The predicted octanol–water partition coefficient (Wildman–Crippen LogP) is 4.35. The highest BCUT2D eigenvalue weighted by Crippen LogP contribution is 2.30. The summed E-state index contributed by atoms with van der Waals surface area (Å²) in [4.78, 5) is 13.6. The van der Waals surface area contributed by atoms with Crippen molar-refractivity contribution in [1.82, 2.24) is 5.32 Å². The SMILES string of the molecule is O=C(NC(c1ccc2c(c1)CCC2)c1cccs1)c1ccoc1. The second kappa shape index (κ2) is 6.05. The van der Waals surface area contributed by atoms with Crippen LogP contribution in [0.25, 0.3) is 0 Å². The van der Waals surface area contributed by atoms with Crippen LogP contribution in [0.1, 0.15) is 44.4 Å². The minimum atomic E-state index is -0.122. The van der Waals surface area contributed by atoms with Gasteiger partial charge >= 0.3 is 0 Å². The Kier molecular flexibility index (Phi) is 3.75. The second-order valence-electron chi connectivity index (χ2n) is 5.82. The molecule has 4 rings (SSSR count). The number of amides is 1. The highest BCUT2D eigenvalue weighted by Gasteiger charge is 2.21. The molecule has 3 aromatic rings. The molecule has 23 heavy (non-hydrogen) atoms. The molecule has 3 nitrogen and oxygen atoms in total. The van der Waals surface area contributed by atoms with Gasteiger partial charge in [0.2, 0.25) is 0 Å². The first-order valence-corrected chi connectivity index (χ1v) is 8.67. The van der Waals surface area contributed by atoms with E-state index in [1.807, 2.05) is 11.4 Å². The van der Waals surface area contributed by atoms with Crippen molar-refractivity contribution in [2.75, 3.05) is 0 Å². The Morgan fingerprint density at radius 1 is 1.17 bits per heavy atom. The maximum Gasteiger partial charge on any atom is 0.255 e. The van der Waals surface area contributed by atoms with Crippen LogP contribution in [-0.4, -0.2) is 5.91 Å². The lowest BCUT2D eigenvalue weighted by molar-refractivity contribution is 0.0943. The quantitative estimate of drug-likeness (QED) is 0.775. The molecule has 0 spiro atoms. The minimum Gasteiger partial charge on any atom is -0.472 e. The molecule has 116 valence electrons. The summed E-state index contributed by atoms with van der Waals surface area (Å²) < 4.78 is 5.02. The van der Waals surface area contributed by atoms with E-state index in [2.05, 4.69) is 29.6 Å². The van der Waals surface area contributed by atoms with Gasteiger partial charge in [0.1, 0.15) is 6.26 Å². The van der Waals surface area contributed by atoms with E-state index in [1.165, 1.54) is 36.5 Å². The van der Waals surface area contributed by atoms with E-state index >= 15 is 0 Å². The van der Waals surface area contributed by atoms with Crippen LogP contribution < -0.4 is 5.32 Å². The Labute approximate surface area is 139 Å². The molecule has 4 heteroatoms. The van der Waals surface area contributed by atoms with Crippen LogP contribution in [0, 0.1) is 0 Å². The van der Waals surface area contributed by atoms with Crippen molar-refractivity contribution >= 4 is 17.2 Å². The molecule has 0 saturated heterocycles. The lowest BCUT2D eigenvalue weighted by Gasteiger charge is -2.19. The molecule has 2 aromatic heterocycles. The van der Waals surface area contributed by atoms with Gasteiger partial charge in [-0.2, -0.15) is 0 Å². The third kappa shape index (κ3) is 2.82.